The summed E-state index contributed by atoms with van der Waals surface area (Å²) in [4.78, 5) is 13.5. The van der Waals surface area contributed by atoms with Crippen molar-refractivity contribution < 1.29 is 9.53 Å². The standard InChI is InChI=1S/C12H23NO2/c1-3-15-12(14)7-5-4-6-10-13(2)11-8-9-11/h11H,3-10H2,1-2H3. The molecule has 1 saturated carbocycles. The third-order valence-corrected chi connectivity index (χ3v) is 2.87. The minimum Gasteiger partial charge on any atom is -0.466 e. The molecule has 0 aromatic rings. The van der Waals surface area contributed by atoms with Gasteiger partial charge >= 0.3 is 5.97 Å². The Morgan fingerprint density at radius 1 is 1.33 bits per heavy atom. The van der Waals surface area contributed by atoms with Crippen molar-refractivity contribution in [3.8, 4) is 0 Å². The van der Waals surface area contributed by atoms with Crippen LogP contribution in [-0.4, -0.2) is 37.1 Å². The summed E-state index contributed by atoms with van der Waals surface area (Å²) in [6.07, 6.45) is 6.64. The van der Waals surface area contributed by atoms with Crippen LogP contribution in [0, 0.1) is 0 Å². The molecule has 3 nitrogen and oxygen atoms in total. The highest BCUT2D eigenvalue weighted by Gasteiger charge is 2.25. The third kappa shape index (κ3) is 5.78. The van der Waals surface area contributed by atoms with Crippen LogP contribution in [0.25, 0.3) is 0 Å². The molecule has 15 heavy (non-hydrogen) atoms. The summed E-state index contributed by atoms with van der Waals surface area (Å²) in [5.41, 5.74) is 0. The van der Waals surface area contributed by atoms with Gasteiger partial charge in [-0.1, -0.05) is 6.42 Å². The number of nitrogens with zero attached hydrogens (tertiary/aromatic N) is 1. The molecule has 0 atom stereocenters. The van der Waals surface area contributed by atoms with Crippen molar-refractivity contribution in [1.29, 1.82) is 0 Å². The molecular weight excluding hydrogens is 190 g/mol. The van der Waals surface area contributed by atoms with Crippen molar-refractivity contribution in [2.24, 2.45) is 0 Å². The number of carbonyl (C=O) groups excluding carboxylic acids is 1. The van der Waals surface area contributed by atoms with E-state index in [1.807, 2.05) is 6.92 Å². The van der Waals surface area contributed by atoms with Gasteiger partial charge in [0.1, 0.15) is 0 Å². The first-order valence-electron chi connectivity index (χ1n) is 6.10. The predicted octanol–water partition coefficient (Wildman–Crippen LogP) is 2.20. The summed E-state index contributed by atoms with van der Waals surface area (Å²) < 4.78 is 4.87. The Bertz CT molecular complexity index is 190. The third-order valence-electron chi connectivity index (χ3n) is 2.87. The average molecular weight is 213 g/mol. The lowest BCUT2D eigenvalue weighted by Crippen LogP contribution is -2.21. The lowest BCUT2D eigenvalue weighted by Gasteiger charge is -2.14. The van der Waals surface area contributed by atoms with Crippen LogP contribution in [0.3, 0.4) is 0 Å². The molecule has 1 rings (SSSR count). The molecule has 0 saturated heterocycles. The van der Waals surface area contributed by atoms with Gasteiger partial charge in [-0.05, 0) is 46.2 Å². The van der Waals surface area contributed by atoms with Gasteiger partial charge in [-0.3, -0.25) is 4.79 Å². The molecule has 1 aliphatic rings. The van der Waals surface area contributed by atoms with Crippen LogP contribution >= 0.6 is 0 Å². The molecule has 0 aromatic carbocycles. The summed E-state index contributed by atoms with van der Waals surface area (Å²) in [5, 5.41) is 0. The van der Waals surface area contributed by atoms with Crippen LogP contribution in [0.1, 0.15) is 45.4 Å². The van der Waals surface area contributed by atoms with E-state index in [2.05, 4.69) is 11.9 Å². The quantitative estimate of drug-likeness (QED) is 0.457. The summed E-state index contributed by atoms with van der Waals surface area (Å²) in [7, 11) is 2.20. The summed E-state index contributed by atoms with van der Waals surface area (Å²) in [6, 6.07) is 0.857. The van der Waals surface area contributed by atoms with Gasteiger partial charge in [0.15, 0.2) is 0 Å². The fourth-order valence-electron chi connectivity index (χ4n) is 1.74. The Kier molecular flexibility index (Phi) is 5.69. The minimum atomic E-state index is -0.0481. The maximum absolute atomic E-state index is 11.0. The Morgan fingerprint density at radius 3 is 2.67 bits per heavy atom. The van der Waals surface area contributed by atoms with Crippen molar-refractivity contribution in [1.82, 2.24) is 4.90 Å². The maximum atomic E-state index is 11.0. The van der Waals surface area contributed by atoms with Crippen LogP contribution < -0.4 is 0 Å². The van der Waals surface area contributed by atoms with Gasteiger partial charge in [-0.15, -0.1) is 0 Å². The SMILES string of the molecule is CCOC(=O)CCCCCN(C)C1CC1. The highest BCUT2D eigenvalue weighted by atomic mass is 16.5. The molecule has 0 N–H and O–H groups in total. The smallest absolute Gasteiger partial charge is 0.305 e. The van der Waals surface area contributed by atoms with Crippen LogP contribution in [0.2, 0.25) is 0 Å². The number of hydrogen-bond acceptors (Lipinski definition) is 3. The number of ether oxygens (including phenoxy) is 1. The highest BCUT2D eigenvalue weighted by molar-refractivity contribution is 5.69. The normalized spacial score (nSPS) is 15.7. The van der Waals surface area contributed by atoms with Gasteiger partial charge in [0.2, 0.25) is 0 Å². The molecule has 0 spiro atoms. The zero-order chi connectivity index (χ0) is 11.1. The Morgan fingerprint density at radius 2 is 2.07 bits per heavy atom. The molecule has 88 valence electrons. The van der Waals surface area contributed by atoms with Gasteiger partial charge in [0.05, 0.1) is 6.61 Å². The lowest BCUT2D eigenvalue weighted by atomic mass is 10.2. The fraction of sp³-hybridized carbons (Fsp3) is 0.917. The van der Waals surface area contributed by atoms with E-state index < -0.39 is 0 Å². The number of esters is 1. The van der Waals surface area contributed by atoms with Gasteiger partial charge in [-0.2, -0.15) is 0 Å². The zero-order valence-corrected chi connectivity index (χ0v) is 10.00. The second kappa shape index (κ2) is 6.83. The molecule has 0 aliphatic heterocycles. The predicted molar refractivity (Wildman–Crippen MR) is 60.8 cm³/mol. The second-order valence-corrected chi connectivity index (χ2v) is 4.33. The van der Waals surface area contributed by atoms with Gasteiger partial charge < -0.3 is 9.64 Å². The van der Waals surface area contributed by atoms with E-state index >= 15 is 0 Å². The molecule has 0 amide bonds. The van der Waals surface area contributed by atoms with E-state index in [4.69, 9.17) is 4.74 Å². The first-order valence-corrected chi connectivity index (χ1v) is 6.10. The van der Waals surface area contributed by atoms with Crippen molar-refractivity contribution in [3.05, 3.63) is 0 Å². The molecule has 0 heterocycles. The maximum Gasteiger partial charge on any atom is 0.305 e. The molecule has 1 fully saturated rings. The Balaban J connectivity index is 1.85. The zero-order valence-electron chi connectivity index (χ0n) is 10.00. The van der Waals surface area contributed by atoms with E-state index in [0.29, 0.717) is 13.0 Å². The van der Waals surface area contributed by atoms with Gasteiger partial charge in [0.25, 0.3) is 0 Å². The topological polar surface area (TPSA) is 29.5 Å². The van der Waals surface area contributed by atoms with Crippen LogP contribution in [0.4, 0.5) is 0 Å². The Labute approximate surface area is 92.8 Å². The molecule has 0 aromatic heterocycles. The number of hydrogen-bond donors (Lipinski definition) is 0. The largest absolute Gasteiger partial charge is 0.466 e. The summed E-state index contributed by atoms with van der Waals surface area (Å²) >= 11 is 0. The molecule has 3 heteroatoms. The molecular formula is C12H23NO2. The van der Waals surface area contributed by atoms with Crippen molar-refractivity contribution in [3.63, 3.8) is 0 Å². The first-order chi connectivity index (χ1) is 7.24. The van der Waals surface area contributed by atoms with Crippen LogP contribution in [-0.2, 0) is 9.53 Å². The van der Waals surface area contributed by atoms with E-state index in [1.54, 1.807) is 0 Å². The Hall–Kier alpha value is -0.570. The summed E-state index contributed by atoms with van der Waals surface area (Å²) in [5.74, 6) is -0.0481. The van der Waals surface area contributed by atoms with Crippen molar-refractivity contribution in [2.45, 2.75) is 51.5 Å². The number of rotatable bonds is 8. The van der Waals surface area contributed by atoms with Gasteiger partial charge in [0, 0.05) is 12.5 Å². The number of carbonyl (C=O) groups is 1. The molecule has 0 unspecified atom stereocenters. The number of unbranched alkanes of at least 4 members (excludes halogenated alkanes) is 2. The van der Waals surface area contributed by atoms with Crippen LogP contribution in [0.15, 0.2) is 0 Å². The summed E-state index contributed by atoms with van der Waals surface area (Å²) in [6.45, 7) is 3.53. The van der Waals surface area contributed by atoms with Crippen molar-refractivity contribution >= 4 is 5.97 Å². The van der Waals surface area contributed by atoms with E-state index in [1.165, 1.54) is 25.8 Å². The van der Waals surface area contributed by atoms with E-state index in [-0.39, 0.29) is 5.97 Å². The second-order valence-electron chi connectivity index (χ2n) is 4.33. The van der Waals surface area contributed by atoms with Crippen LogP contribution in [0.5, 0.6) is 0 Å². The molecule has 1 aliphatic carbocycles. The monoisotopic (exact) mass is 213 g/mol. The molecule has 0 radical (unpaired) electrons. The molecule has 0 bridgehead atoms. The first kappa shape index (κ1) is 12.5. The van der Waals surface area contributed by atoms with Crippen molar-refractivity contribution in [2.75, 3.05) is 20.2 Å². The minimum absolute atomic E-state index is 0.0481. The van der Waals surface area contributed by atoms with E-state index in [0.717, 1.165) is 18.9 Å². The lowest BCUT2D eigenvalue weighted by molar-refractivity contribution is -0.143. The average Bonchev–Trinajstić information content (AvgIpc) is 3.00. The van der Waals surface area contributed by atoms with E-state index in [9.17, 15) is 4.79 Å². The van der Waals surface area contributed by atoms with Gasteiger partial charge in [-0.25, -0.2) is 0 Å². The fourth-order valence-corrected chi connectivity index (χ4v) is 1.74. The highest BCUT2D eigenvalue weighted by Crippen LogP contribution is 2.25.